The van der Waals surface area contributed by atoms with Gasteiger partial charge >= 0.3 is 6.18 Å². The summed E-state index contributed by atoms with van der Waals surface area (Å²) in [7, 11) is -3.59. The van der Waals surface area contributed by atoms with Crippen LogP contribution in [0.1, 0.15) is 39.9 Å². The molecule has 2 aromatic rings. The minimum Gasteiger partial charge on any atom is -0.352 e. The van der Waals surface area contributed by atoms with Gasteiger partial charge in [0.2, 0.25) is 15.9 Å². The summed E-state index contributed by atoms with van der Waals surface area (Å²) in [4.78, 5) is 27.0. The number of sulfonamides is 1. The van der Waals surface area contributed by atoms with Crippen molar-refractivity contribution in [2.24, 2.45) is 0 Å². The fraction of sp³-hybridized carbons (Fsp3) is 0.333. The quantitative estimate of drug-likeness (QED) is 0.543. The monoisotopic (exact) mass is 509 g/mol. The van der Waals surface area contributed by atoms with Crippen LogP contribution in [0.4, 0.5) is 13.2 Å². The molecule has 1 aliphatic heterocycles. The Labute approximate surface area is 202 Å². The molecule has 0 bridgehead atoms. The van der Waals surface area contributed by atoms with E-state index in [0.29, 0.717) is 29.7 Å². The summed E-state index contributed by atoms with van der Waals surface area (Å²) in [5, 5.41) is 3.48. The zero-order chi connectivity index (χ0) is 25.6. The van der Waals surface area contributed by atoms with Crippen LogP contribution in [0.15, 0.2) is 60.5 Å². The first-order valence-electron chi connectivity index (χ1n) is 10.9. The molecule has 1 heterocycles. The third kappa shape index (κ3) is 7.40. The van der Waals surface area contributed by atoms with E-state index in [9.17, 15) is 31.2 Å². The van der Waals surface area contributed by atoms with Gasteiger partial charge in [0.25, 0.3) is 5.91 Å². The molecule has 3 rings (SSSR count). The first kappa shape index (κ1) is 26.4. The van der Waals surface area contributed by atoms with Crippen molar-refractivity contribution in [3.05, 3.63) is 82.8 Å². The average molecular weight is 510 g/mol. The third-order valence-corrected chi connectivity index (χ3v) is 6.69. The van der Waals surface area contributed by atoms with E-state index in [0.717, 1.165) is 24.0 Å². The fourth-order valence-electron chi connectivity index (χ4n) is 3.83. The molecule has 35 heavy (non-hydrogen) atoms. The van der Waals surface area contributed by atoms with Crippen molar-refractivity contribution in [1.29, 1.82) is 0 Å². The van der Waals surface area contributed by atoms with Gasteiger partial charge in [-0.15, -0.1) is 0 Å². The molecule has 1 atom stereocenters. The van der Waals surface area contributed by atoms with E-state index in [1.807, 2.05) is 0 Å². The molecule has 1 aliphatic rings. The van der Waals surface area contributed by atoms with Crippen LogP contribution in [-0.4, -0.2) is 44.3 Å². The molecule has 0 spiro atoms. The van der Waals surface area contributed by atoms with Crippen molar-refractivity contribution < 1.29 is 31.2 Å². The third-order valence-electron chi connectivity index (χ3n) is 5.69. The Morgan fingerprint density at radius 3 is 2.49 bits per heavy atom. The first-order valence-corrected chi connectivity index (χ1v) is 12.5. The van der Waals surface area contributed by atoms with E-state index in [1.54, 1.807) is 29.2 Å². The number of nitrogens with one attached hydrogen (secondary N) is 2. The number of likely N-dealkylation sites (tertiary alicyclic amines) is 1. The van der Waals surface area contributed by atoms with E-state index in [2.05, 4.69) is 16.6 Å². The molecule has 2 amide bonds. The Morgan fingerprint density at radius 2 is 1.83 bits per heavy atom. The van der Waals surface area contributed by atoms with Gasteiger partial charge in [-0.1, -0.05) is 30.8 Å². The van der Waals surface area contributed by atoms with Crippen molar-refractivity contribution in [2.45, 2.75) is 38.0 Å². The van der Waals surface area contributed by atoms with Crippen LogP contribution >= 0.6 is 0 Å². The minimum atomic E-state index is -4.42. The Morgan fingerprint density at radius 1 is 1.11 bits per heavy atom. The van der Waals surface area contributed by atoms with E-state index in [-0.39, 0.29) is 37.4 Å². The zero-order valence-corrected chi connectivity index (χ0v) is 19.7. The normalized spacial score (nSPS) is 16.2. The van der Waals surface area contributed by atoms with E-state index < -0.39 is 21.8 Å². The number of hydrogen-bond donors (Lipinski definition) is 2. The van der Waals surface area contributed by atoms with E-state index >= 15 is 0 Å². The second-order valence-electron chi connectivity index (χ2n) is 8.20. The predicted octanol–water partition coefficient (Wildman–Crippen LogP) is 3.23. The maximum atomic E-state index is 13.0. The summed E-state index contributed by atoms with van der Waals surface area (Å²) in [6.07, 6.45) is -3.01. The molecule has 7 nitrogen and oxygen atoms in total. The Kier molecular flexibility index (Phi) is 8.34. The van der Waals surface area contributed by atoms with Crippen LogP contribution < -0.4 is 10.0 Å². The molecular weight excluding hydrogens is 483 g/mol. The number of benzene rings is 2. The Bertz CT molecular complexity index is 1180. The van der Waals surface area contributed by atoms with Crippen molar-refractivity contribution in [1.82, 2.24) is 14.9 Å². The molecule has 0 saturated carbocycles. The maximum absolute atomic E-state index is 13.0. The zero-order valence-electron chi connectivity index (χ0n) is 18.8. The summed E-state index contributed by atoms with van der Waals surface area (Å²) in [5.41, 5.74) is 0.759. The predicted molar refractivity (Wildman–Crippen MR) is 125 cm³/mol. The van der Waals surface area contributed by atoms with Gasteiger partial charge in [-0.2, -0.15) is 13.2 Å². The molecule has 2 N–H and O–H groups in total. The van der Waals surface area contributed by atoms with Gasteiger partial charge in [0.15, 0.2) is 0 Å². The van der Waals surface area contributed by atoms with Crippen LogP contribution in [-0.2, 0) is 34.0 Å². The van der Waals surface area contributed by atoms with Gasteiger partial charge in [0, 0.05) is 36.6 Å². The average Bonchev–Trinajstić information content (AvgIpc) is 3.30. The second-order valence-corrected chi connectivity index (χ2v) is 9.92. The molecule has 0 aromatic heterocycles. The van der Waals surface area contributed by atoms with Gasteiger partial charge in [-0.25, -0.2) is 13.1 Å². The smallest absolute Gasteiger partial charge is 0.352 e. The lowest BCUT2D eigenvalue weighted by Gasteiger charge is -2.25. The number of amides is 2. The number of halogens is 3. The van der Waals surface area contributed by atoms with Crippen LogP contribution in [0.2, 0.25) is 0 Å². The number of carbonyl (C=O) groups is 2. The second kappa shape index (κ2) is 11.0. The Balaban J connectivity index is 1.57. The highest BCUT2D eigenvalue weighted by molar-refractivity contribution is 7.92. The molecule has 1 fully saturated rings. The van der Waals surface area contributed by atoms with Crippen molar-refractivity contribution in [3.8, 4) is 0 Å². The van der Waals surface area contributed by atoms with Gasteiger partial charge in [-0.3, -0.25) is 9.59 Å². The number of hydrogen-bond acceptors (Lipinski definition) is 4. The summed E-state index contributed by atoms with van der Waals surface area (Å²) in [5.74, 6) is -0.593. The highest BCUT2D eigenvalue weighted by atomic mass is 32.2. The van der Waals surface area contributed by atoms with Crippen molar-refractivity contribution in [2.75, 3.05) is 13.1 Å². The van der Waals surface area contributed by atoms with Gasteiger partial charge in [-0.05, 0) is 48.2 Å². The highest BCUT2D eigenvalue weighted by Crippen LogP contribution is 2.29. The Hall–Kier alpha value is -3.18. The van der Waals surface area contributed by atoms with Crippen LogP contribution in [0.3, 0.4) is 0 Å². The molecular formula is C24H26F3N3O4S. The van der Waals surface area contributed by atoms with Gasteiger partial charge in [0.1, 0.15) is 0 Å². The molecule has 0 unspecified atom stereocenters. The number of rotatable bonds is 9. The SMILES string of the molecule is C=CS(=O)(=O)NC[C@@H]1CCCN1C(=O)c1cccc(CC(=O)NCc2ccc(C(F)(F)F)cc2)c1. The van der Waals surface area contributed by atoms with Crippen molar-refractivity contribution in [3.63, 3.8) is 0 Å². The van der Waals surface area contributed by atoms with Crippen LogP contribution in [0, 0.1) is 0 Å². The molecule has 188 valence electrons. The van der Waals surface area contributed by atoms with E-state index in [1.165, 1.54) is 12.1 Å². The molecule has 0 radical (unpaired) electrons. The largest absolute Gasteiger partial charge is 0.416 e. The minimum absolute atomic E-state index is 0.00961. The molecule has 0 aliphatic carbocycles. The molecule has 2 aromatic carbocycles. The first-order chi connectivity index (χ1) is 16.5. The summed E-state index contributed by atoms with van der Waals surface area (Å²) in [6, 6.07) is 10.9. The van der Waals surface area contributed by atoms with E-state index in [4.69, 9.17) is 0 Å². The van der Waals surface area contributed by atoms with Crippen LogP contribution in [0.25, 0.3) is 0 Å². The fourth-order valence-corrected chi connectivity index (χ4v) is 4.37. The number of nitrogens with zero attached hydrogens (tertiary/aromatic N) is 1. The summed E-state index contributed by atoms with van der Waals surface area (Å²) >= 11 is 0. The molecule has 11 heteroatoms. The standard InChI is InChI=1S/C24H26F3N3O4S/c1-2-35(33,34)29-16-21-7-4-12-30(21)23(32)19-6-3-5-18(13-19)14-22(31)28-15-17-8-10-20(11-9-17)24(25,26)27/h2-3,5-6,8-11,13,21,29H,1,4,7,12,14-16H2,(H,28,31)/t21-/m0/s1. The van der Waals surface area contributed by atoms with Crippen LogP contribution in [0.5, 0.6) is 0 Å². The number of alkyl halides is 3. The van der Waals surface area contributed by atoms with Gasteiger partial charge < -0.3 is 10.2 Å². The molecule has 1 saturated heterocycles. The lowest BCUT2D eigenvalue weighted by molar-refractivity contribution is -0.137. The lowest BCUT2D eigenvalue weighted by atomic mass is 10.1. The van der Waals surface area contributed by atoms with Gasteiger partial charge in [0.05, 0.1) is 12.0 Å². The summed E-state index contributed by atoms with van der Waals surface area (Å²) < 4.78 is 63.7. The summed E-state index contributed by atoms with van der Waals surface area (Å²) in [6.45, 7) is 3.91. The lowest BCUT2D eigenvalue weighted by Crippen LogP contribution is -2.42. The maximum Gasteiger partial charge on any atom is 0.416 e. The van der Waals surface area contributed by atoms with Crippen molar-refractivity contribution >= 4 is 21.8 Å². The number of carbonyl (C=O) groups excluding carboxylic acids is 2. The highest BCUT2D eigenvalue weighted by Gasteiger charge is 2.31. The topological polar surface area (TPSA) is 95.6 Å².